The summed E-state index contributed by atoms with van der Waals surface area (Å²) in [6, 6.07) is 4.16. The minimum Gasteiger partial charge on any atom is -0.371 e. The third kappa shape index (κ3) is 2.50. The zero-order valence-corrected chi connectivity index (χ0v) is 16.1. The van der Waals surface area contributed by atoms with Gasteiger partial charge in [0.2, 0.25) is 0 Å². The molecule has 4 bridgehead atoms. The molecule has 9 heteroatoms. The Morgan fingerprint density at radius 3 is 2.38 bits per heavy atom. The fraction of sp³-hybridized carbons (Fsp3) is 0.550. The van der Waals surface area contributed by atoms with E-state index < -0.39 is 0 Å². The van der Waals surface area contributed by atoms with Crippen molar-refractivity contribution in [1.29, 1.82) is 0 Å². The molecule has 0 radical (unpaired) electrons. The lowest BCUT2D eigenvalue weighted by Crippen LogP contribution is -2.57. The molecule has 8 heterocycles. The number of aromatic amines is 1. The smallest absolute Gasteiger partial charge is 0.177 e. The molecule has 0 aromatic carbocycles. The maximum absolute atomic E-state index is 6.07. The summed E-state index contributed by atoms with van der Waals surface area (Å²) in [7, 11) is 0. The number of ether oxygens (including phenoxy) is 2. The van der Waals surface area contributed by atoms with Crippen LogP contribution in [0, 0.1) is 0 Å². The lowest BCUT2D eigenvalue weighted by molar-refractivity contribution is -0.133. The van der Waals surface area contributed by atoms with Gasteiger partial charge < -0.3 is 19.3 Å². The van der Waals surface area contributed by atoms with Gasteiger partial charge in [0.15, 0.2) is 11.5 Å². The van der Waals surface area contributed by atoms with Gasteiger partial charge in [0.25, 0.3) is 0 Å². The lowest BCUT2D eigenvalue weighted by atomic mass is 9.99. The first-order valence-corrected chi connectivity index (χ1v) is 10.5. The molecule has 9 nitrogen and oxygen atoms in total. The fourth-order valence-electron chi connectivity index (χ4n) is 5.29. The van der Waals surface area contributed by atoms with Crippen LogP contribution in [-0.2, 0) is 9.47 Å². The third-order valence-corrected chi connectivity index (χ3v) is 6.68. The quantitative estimate of drug-likeness (QED) is 0.722. The van der Waals surface area contributed by atoms with Gasteiger partial charge in [0.1, 0.15) is 5.82 Å². The topological polar surface area (TPSA) is 84.3 Å². The average molecular weight is 393 g/mol. The number of morpholine rings is 2. The van der Waals surface area contributed by atoms with Crippen LogP contribution < -0.4 is 9.80 Å². The molecule has 4 atom stereocenters. The molecular weight excluding hydrogens is 370 g/mol. The molecule has 3 aromatic rings. The van der Waals surface area contributed by atoms with Crippen LogP contribution in [0.3, 0.4) is 0 Å². The van der Waals surface area contributed by atoms with Crippen molar-refractivity contribution >= 4 is 22.5 Å². The maximum Gasteiger partial charge on any atom is 0.177 e. The first-order valence-electron chi connectivity index (χ1n) is 10.5. The van der Waals surface area contributed by atoms with Crippen molar-refractivity contribution in [3.63, 3.8) is 0 Å². The predicted molar refractivity (Wildman–Crippen MR) is 107 cm³/mol. The van der Waals surface area contributed by atoms with Crippen molar-refractivity contribution in [3.05, 3.63) is 24.5 Å². The van der Waals surface area contributed by atoms with Gasteiger partial charge in [-0.1, -0.05) is 0 Å². The monoisotopic (exact) mass is 393 g/mol. The molecule has 1 N–H and O–H groups in total. The Hall–Kier alpha value is -2.65. The summed E-state index contributed by atoms with van der Waals surface area (Å²) < 4.78 is 13.7. The van der Waals surface area contributed by atoms with Crippen molar-refractivity contribution < 1.29 is 9.47 Å². The van der Waals surface area contributed by atoms with E-state index in [-0.39, 0.29) is 0 Å². The molecular formula is C20H23N7O2. The fourth-order valence-corrected chi connectivity index (χ4v) is 5.29. The highest BCUT2D eigenvalue weighted by Gasteiger charge is 2.40. The second kappa shape index (κ2) is 5.93. The number of aromatic nitrogens is 5. The van der Waals surface area contributed by atoms with Crippen molar-refractivity contribution in [2.24, 2.45) is 0 Å². The van der Waals surface area contributed by atoms with Crippen molar-refractivity contribution in [1.82, 2.24) is 25.0 Å². The van der Waals surface area contributed by atoms with E-state index in [1.54, 1.807) is 0 Å². The van der Waals surface area contributed by atoms with Crippen LogP contribution in [0.15, 0.2) is 24.5 Å². The van der Waals surface area contributed by atoms with E-state index in [0.717, 1.165) is 61.7 Å². The van der Waals surface area contributed by atoms with Gasteiger partial charge in [-0.15, -0.1) is 0 Å². The molecule has 29 heavy (non-hydrogen) atoms. The van der Waals surface area contributed by atoms with Gasteiger partial charge in [-0.2, -0.15) is 14.9 Å². The number of nitrogens with zero attached hydrogens (tertiary/aromatic N) is 6. The van der Waals surface area contributed by atoms with Crippen LogP contribution in [0.25, 0.3) is 16.9 Å². The van der Waals surface area contributed by atoms with E-state index in [9.17, 15) is 0 Å². The van der Waals surface area contributed by atoms with Crippen LogP contribution in [-0.4, -0.2) is 75.6 Å². The van der Waals surface area contributed by atoms with Gasteiger partial charge in [0.05, 0.1) is 41.7 Å². The molecule has 4 unspecified atom stereocenters. The normalized spacial score (nSPS) is 30.8. The van der Waals surface area contributed by atoms with E-state index in [1.165, 1.54) is 12.1 Å². The Balaban J connectivity index is 1.36. The summed E-state index contributed by atoms with van der Waals surface area (Å²) in [5.74, 6) is 1.75. The van der Waals surface area contributed by atoms with Crippen LogP contribution in [0.2, 0.25) is 0 Å². The van der Waals surface area contributed by atoms with E-state index in [1.807, 2.05) is 23.1 Å². The van der Waals surface area contributed by atoms with Crippen LogP contribution in [0.4, 0.5) is 11.5 Å². The Morgan fingerprint density at radius 2 is 1.66 bits per heavy atom. The van der Waals surface area contributed by atoms with E-state index in [2.05, 4.69) is 31.2 Å². The van der Waals surface area contributed by atoms with Crippen LogP contribution in [0.1, 0.15) is 19.3 Å². The number of anilines is 2. The van der Waals surface area contributed by atoms with Crippen molar-refractivity contribution in [3.8, 4) is 5.82 Å². The van der Waals surface area contributed by atoms with E-state index in [4.69, 9.17) is 14.5 Å². The minimum atomic E-state index is 0.331. The highest BCUT2D eigenvalue weighted by Crippen LogP contribution is 2.37. The van der Waals surface area contributed by atoms with Crippen LogP contribution >= 0.6 is 0 Å². The molecule has 5 fully saturated rings. The van der Waals surface area contributed by atoms with E-state index in [0.29, 0.717) is 24.4 Å². The number of hydrogen-bond donors (Lipinski definition) is 1. The summed E-state index contributed by atoms with van der Waals surface area (Å²) in [4.78, 5) is 9.87. The first kappa shape index (κ1) is 16.2. The summed E-state index contributed by atoms with van der Waals surface area (Å²) >= 11 is 0. The van der Waals surface area contributed by atoms with Gasteiger partial charge in [0, 0.05) is 50.9 Å². The SMILES string of the molecule is c1cc(-n2ncc3c(N4CC5CCC(C4)O5)cc(N4CC5CC(C4)O5)nc32)n[nH]1. The number of hydrogen-bond acceptors (Lipinski definition) is 7. The van der Waals surface area contributed by atoms with Gasteiger partial charge >= 0.3 is 0 Å². The van der Waals surface area contributed by atoms with Gasteiger partial charge in [-0.3, -0.25) is 5.10 Å². The summed E-state index contributed by atoms with van der Waals surface area (Å²) in [6.07, 6.45) is 8.55. The highest BCUT2D eigenvalue weighted by atomic mass is 16.5. The molecule has 0 aliphatic carbocycles. The molecule has 5 saturated heterocycles. The predicted octanol–water partition coefficient (Wildman–Crippen LogP) is 1.49. The summed E-state index contributed by atoms with van der Waals surface area (Å²) in [5, 5.41) is 12.9. The Kier molecular flexibility index (Phi) is 3.31. The zero-order valence-electron chi connectivity index (χ0n) is 16.1. The van der Waals surface area contributed by atoms with Gasteiger partial charge in [-0.25, -0.2) is 4.98 Å². The third-order valence-electron chi connectivity index (χ3n) is 6.68. The van der Waals surface area contributed by atoms with E-state index >= 15 is 0 Å². The second-order valence-electron chi connectivity index (χ2n) is 8.61. The Bertz CT molecular complexity index is 1040. The number of piperidine rings is 1. The summed E-state index contributed by atoms with van der Waals surface area (Å²) in [6.45, 7) is 3.66. The average Bonchev–Trinajstić information content (AvgIpc) is 3.46. The Labute approximate surface area is 167 Å². The second-order valence-corrected chi connectivity index (χ2v) is 8.61. The molecule has 5 aliphatic heterocycles. The van der Waals surface area contributed by atoms with Crippen molar-refractivity contribution in [2.45, 2.75) is 43.7 Å². The molecule has 0 saturated carbocycles. The van der Waals surface area contributed by atoms with Crippen LogP contribution in [0.5, 0.6) is 0 Å². The van der Waals surface area contributed by atoms with Gasteiger partial charge in [-0.05, 0) is 12.8 Å². The highest BCUT2D eigenvalue weighted by molar-refractivity contribution is 5.92. The minimum absolute atomic E-state index is 0.331. The standard InChI is InChI=1S/C20H23N7O2/c1-2-13-9-25(8-12(1)28-13)17-6-19(26-10-14-5-15(11-26)29-14)23-20-16(17)7-22-27(20)18-3-4-21-24-18/h3-4,6-7,12-15H,1-2,5,8-11H2,(H,21,24). The molecule has 150 valence electrons. The molecule has 5 aliphatic rings. The first-order chi connectivity index (χ1) is 14.3. The number of pyridine rings is 1. The molecule has 0 amide bonds. The summed E-state index contributed by atoms with van der Waals surface area (Å²) in [5.41, 5.74) is 2.05. The molecule has 3 aromatic heterocycles. The lowest BCUT2D eigenvalue weighted by Gasteiger charge is -2.47. The zero-order chi connectivity index (χ0) is 18.9. The van der Waals surface area contributed by atoms with Crippen molar-refractivity contribution in [2.75, 3.05) is 36.0 Å². The maximum atomic E-state index is 6.07. The Morgan fingerprint density at radius 1 is 0.931 bits per heavy atom. The number of rotatable bonds is 3. The molecule has 0 spiro atoms. The number of H-pyrrole nitrogens is 1. The number of nitrogens with one attached hydrogen (secondary N) is 1. The number of fused-ring (bicyclic) bond motifs is 5. The largest absolute Gasteiger partial charge is 0.371 e. The molecule has 8 rings (SSSR count).